The maximum absolute atomic E-state index is 5.61. The first-order valence-electron chi connectivity index (χ1n) is 5.00. The van der Waals surface area contributed by atoms with E-state index in [9.17, 15) is 0 Å². The Morgan fingerprint density at radius 2 is 2.38 bits per heavy atom. The third-order valence-electron chi connectivity index (χ3n) is 3.00. The van der Waals surface area contributed by atoms with Crippen LogP contribution >= 0.6 is 0 Å². The fraction of sp³-hybridized carbons (Fsp3) is 0.700. The first kappa shape index (κ1) is 8.60. The summed E-state index contributed by atoms with van der Waals surface area (Å²) in [6.07, 6.45) is 2.68. The van der Waals surface area contributed by atoms with Gasteiger partial charge in [-0.25, -0.2) is 0 Å². The minimum Gasteiger partial charge on any atom is -0.382 e. The van der Waals surface area contributed by atoms with Crippen molar-refractivity contribution in [3.8, 4) is 0 Å². The fourth-order valence-electron chi connectivity index (χ4n) is 1.98. The van der Waals surface area contributed by atoms with Gasteiger partial charge in [-0.3, -0.25) is 4.68 Å². The quantitative estimate of drug-likeness (QED) is 0.769. The predicted octanol–water partition coefficient (Wildman–Crippen LogP) is 1.82. The lowest BCUT2D eigenvalue weighted by atomic mass is 10.2. The van der Waals surface area contributed by atoms with Gasteiger partial charge in [0.05, 0.1) is 0 Å². The summed E-state index contributed by atoms with van der Waals surface area (Å²) in [7, 11) is 0. The minimum absolute atomic E-state index is 0.645. The van der Waals surface area contributed by atoms with E-state index < -0.39 is 0 Å². The summed E-state index contributed by atoms with van der Waals surface area (Å²) < 4.78 is 2.04. The molecule has 1 aromatic rings. The molecular formula is C10H17N3. The first-order valence-corrected chi connectivity index (χ1v) is 5.00. The van der Waals surface area contributed by atoms with Crippen molar-refractivity contribution >= 4 is 5.82 Å². The Balaban J connectivity index is 1.99. The molecular weight excluding hydrogens is 162 g/mol. The van der Waals surface area contributed by atoms with Crippen LogP contribution < -0.4 is 5.73 Å². The summed E-state index contributed by atoms with van der Waals surface area (Å²) in [5, 5.41) is 4.25. The number of aryl methyl sites for hydroxylation is 1. The monoisotopic (exact) mass is 179 g/mol. The molecule has 72 valence electrons. The molecule has 0 saturated heterocycles. The Labute approximate surface area is 78.9 Å². The summed E-state index contributed by atoms with van der Waals surface area (Å²) in [6, 6.07) is 1.93. The molecule has 1 aliphatic rings. The Kier molecular flexibility index (Phi) is 2.02. The molecule has 0 amide bonds. The summed E-state index contributed by atoms with van der Waals surface area (Å²) in [4.78, 5) is 0. The average molecular weight is 179 g/mol. The van der Waals surface area contributed by atoms with Crippen LogP contribution in [0, 0.1) is 18.8 Å². The zero-order chi connectivity index (χ0) is 9.42. The van der Waals surface area contributed by atoms with Crippen LogP contribution in [-0.4, -0.2) is 9.78 Å². The highest BCUT2D eigenvalue weighted by Gasteiger charge is 2.35. The van der Waals surface area contributed by atoms with E-state index in [4.69, 9.17) is 5.73 Å². The molecule has 0 bridgehead atoms. The van der Waals surface area contributed by atoms with Gasteiger partial charge < -0.3 is 5.73 Å². The smallest absolute Gasteiger partial charge is 0.145 e. The van der Waals surface area contributed by atoms with E-state index in [0.717, 1.165) is 18.4 Å². The SMILES string of the molecule is CCC1CC1Cn1nc(N)cc1C. The van der Waals surface area contributed by atoms with Crippen LogP contribution in [0.2, 0.25) is 0 Å². The average Bonchev–Trinajstić information content (AvgIpc) is 2.74. The lowest BCUT2D eigenvalue weighted by molar-refractivity contribution is 0.517. The molecule has 0 aromatic carbocycles. The van der Waals surface area contributed by atoms with Crippen LogP contribution in [0.25, 0.3) is 0 Å². The number of nitrogens with zero attached hydrogens (tertiary/aromatic N) is 2. The van der Waals surface area contributed by atoms with Crippen LogP contribution in [0.1, 0.15) is 25.5 Å². The van der Waals surface area contributed by atoms with Crippen molar-refractivity contribution in [3.63, 3.8) is 0 Å². The van der Waals surface area contributed by atoms with Crippen LogP contribution in [0.4, 0.5) is 5.82 Å². The molecule has 3 heteroatoms. The number of nitrogen functional groups attached to an aromatic ring is 1. The van der Waals surface area contributed by atoms with E-state index in [1.165, 1.54) is 18.5 Å². The molecule has 3 nitrogen and oxygen atoms in total. The molecule has 1 aromatic heterocycles. The maximum Gasteiger partial charge on any atom is 0.145 e. The van der Waals surface area contributed by atoms with Gasteiger partial charge in [-0.2, -0.15) is 5.10 Å². The van der Waals surface area contributed by atoms with Gasteiger partial charge in [0.25, 0.3) is 0 Å². The molecule has 2 rings (SSSR count). The molecule has 0 radical (unpaired) electrons. The number of aromatic nitrogens is 2. The summed E-state index contributed by atoms with van der Waals surface area (Å²) in [6.45, 7) is 5.38. The highest BCUT2D eigenvalue weighted by atomic mass is 15.3. The lowest BCUT2D eigenvalue weighted by Crippen LogP contribution is -2.05. The van der Waals surface area contributed by atoms with Crippen LogP contribution in [0.3, 0.4) is 0 Å². The molecule has 0 spiro atoms. The second kappa shape index (κ2) is 3.05. The third-order valence-corrected chi connectivity index (χ3v) is 3.00. The predicted molar refractivity (Wildman–Crippen MR) is 53.3 cm³/mol. The van der Waals surface area contributed by atoms with Crippen molar-refractivity contribution in [2.45, 2.75) is 33.2 Å². The van der Waals surface area contributed by atoms with Crippen molar-refractivity contribution in [1.82, 2.24) is 9.78 Å². The molecule has 1 fully saturated rings. The van der Waals surface area contributed by atoms with Gasteiger partial charge in [-0.05, 0) is 25.2 Å². The number of nitrogens with two attached hydrogens (primary N) is 1. The normalized spacial score (nSPS) is 26.3. The van der Waals surface area contributed by atoms with Crippen LogP contribution in [0.15, 0.2) is 6.07 Å². The Hall–Kier alpha value is -0.990. The van der Waals surface area contributed by atoms with Gasteiger partial charge in [0.1, 0.15) is 5.82 Å². The molecule has 1 saturated carbocycles. The van der Waals surface area contributed by atoms with Crippen molar-refractivity contribution < 1.29 is 0 Å². The van der Waals surface area contributed by atoms with Gasteiger partial charge in [-0.15, -0.1) is 0 Å². The van der Waals surface area contributed by atoms with Gasteiger partial charge in [0.2, 0.25) is 0 Å². The highest BCUT2D eigenvalue weighted by molar-refractivity contribution is 5.28. The zero-order valence-corrected chi connectivity index (χ0v) is 8.33. The van der Waals surface area contributed by atoms with E-state index in [2.05, 4.69) is 18.9 Å². The zero-order valence-electron chi connectivity index (χ0n) is 8.33. The van der Waals surface area contributed by atoms with Crippen molar-refractivity contribution in [2.75, 3.05) is 5.73 Å². The molecule has 2 N–H and O–H groups in total. The van der Waals surface area contributed by atoms with Crippen molar-refractivity contribution in [2.24, 2.45) is 11.8 Å². The third kappa shape index (κ3) is 1.69. The van der Waals surface area contributed by atoms with Gasteiger partial charge in [-0.1, -0.05) is 13.3 Å². The largest absolute Gasteiger partial charge is 0.382 e. The molecule has 2 unspecified atom stereocenters. The Bertz CT molecular complexity index is 303. The number of anilines is 1. The van der Waals surface area contributed by atoms with E-state index in [1.807, 2.05) is 10.7 Å². The second-order valence-electron chi connectivity index (χ2n) is 4.06. The van der Waals surface area contributed by atoms with E-state index >= 15 is 0 Å². The number of rotatable bonds is 3. The molecule has 2 atom stereocenters. The first-order chi connectivity index (χ1) is 6.20. The van der Waals surface area contributed by atoms with E-state index in [0.29, 0.717) is 5.82 Å². The van der Waals surface area contributed by atoms with Gasteiger partial charge >= 0.3 is 0 Å². The lowest BCUT2D eigenvalue weighted by Gasteiger charge is -2.02. The van der Waals surface area contributed by atoms with Crippen LogP contribution in [0.5, 0.6) is 0 Å². The number of hydrogen-bond acceptors (Lipinski definition) is 2. The molecule has 1 aliphatic carbocycles. The van der Waals surface area contributed by atoms with Gasteiger partial charge in [0, 0.05) is 18.3 Å². The highest BCUT2D eigenvalue weighted by Crippen LogP contribution is 2.42. The summed E-state index contributed by atoms with van der Waals surface area (Å²) in [5.74, 6) is 2.43. The fourth-order valence-corrected chi connectivity index (χ4v) is 1.98. The number of hydrogen-bond donors (Lipinski definition) is 1. The standard InChI is InChI=1S/C10H17N3/c1-3-8-5-9(8)6-13-7(2)4-10(11)12-13/h4,8-9H,3,5-6H2,1-2H3,(H2,11,12). The minimum atomic E-state index is 0.645. The van der Waals surface area contributed by atoms with E-state index in [-0.39, 0.29) is 0 Å². The van der Waals surface area contributed by atoms with E-state index in [1.54, 1.807) is 0 Å². The summed E-state index contributed by atoms with van der Waals surface area (Å²) >= 11 is 0. The summed E-state index contributed by atoms with van der Waals surface area (Å²) in [5.41, 5.74) is 6.79. The Morgan fingerprint density at radius 3 is 2.85 bits per heavy atom. The topological polar surface area (TPSA) is 43.8 Å². The van der Waals surface area contributed by atoms with Crippen molar-refractivity contribution in [3.05, 3.63) is 11.8 Å². The van der Waals surface area contributed by atoms with Crippen LogP contribution in [-0.2, 0) is 6.54 Å². The molecule has 0 aliphatic heterocycles. The van der Waals surface area contributed by atoms with Crippen molar-refractivity contribution in [1.29, 1.82) is 0 Å². The molecule has 1 heterocycles. The van der Waals surface area contributed by atoms with Gasteiger partial charge in [0.15, 0.2) is 0 Å². The molecule has 13 heavy (non-hydrogen) atoms. The second-order valence-corrected chi connectivity index (χ2v) is 4.06. The maximum atomic E-state index is 5.61. The Morgan fingerprint density at radius 1 is 1.62 bits per heavy atom.